The number of carbonyl (C=O) groups is 1. The lowest BCUT2D eigenvalue weighted by atomic mass is 10.1. The lowest BCUT2D eigenvalue weighted by molar-refractivity contribution is 0.0936. The molecule has 1 unspecified atom stereocenters. The lowest BCUT2D eigenvalue weighted by Crippen LogP contribution is -2.27. The number of halogens is 1. The number of benzene rings is 1. The third-order valence-corrected chi connectivity index (χ3v) is 3.36. The maximum absolute atomic E-state index is 13.5. The van der Waals surface area contributed by atoms with E-state index >= 15 is 0 Å². The highest BCUT2D eigenvalue weighted by molar-refractivity contribution is 7.09. The summed E-state index contributed by atoms with van der Waals surface area (Å²) in [6.07, 6.45) is 1.66. The average molecular weight is 265 g/mol. The zero-order valence-electron chi connectivity index (χ0n) is 9.68. The number of nitrogen functional groups attached to an aromatic ring is 1. The van der Waals surface area contributed by atoms with Gasteiger partial charge in [0.2, 0.25) is 0 Å². The number of thiazole rings is 1. The fourth-order valence-corrected chi connectivity index (χ4v) is 2.15. The first-order valence-corrected chi connectivity index (χ1v) is 6.21. The number of hydrogen-bond donors (Lipinski definition) is 2. The van der Waals surface area contributed by atoms with Gasteiger partial charge in [-0.2, -0.15) is 0 Å². The molecule has 1 amide bonds. The molecule has 0 radical (unpaired) electrons. The number of nitrogens with one attached hydrogen (secondary N) is 1. The van der Waals surface area contributed by atoms with Crippen molar-refractivity contribution in [1.82, 2.24) is 10.3 Å². The quantitative estimate of drug-likeness (QED) is 0.837. The Morgan fingerprint density at radius 3 is 3.00 bits per heavy atom. The van der Waals surface area contributed by atoms with Crippen LogP contribution < -0.4 is 11.1 Å². The molecule has 0 aliphatic heterocycles. The number of rotatable bonds is 3. The molecular weight excluding hydrogens is 253 g/mol. The van der Waals surface area contributed by atoms with Crippen molar-refractivity contribution < 1.29 is 9.18 Å². The predicted molar refractivity (Wildman–Crippen MR) is 68.8 cm³/mol. The molecule has 94 valence electrons. The molecule has 1 atom stereocenters. The van der Waals surface area contributed by atoms with E-state index in [2.05, 4.69) is 10.3 Å². The summed E-state index contributed by atoms with van der Waals surface area (Å²) in [5, 5.41) is 5.27. The number of nitrogens with zero attached hydrogens (tertiary/aromatic N) is 1. The van der Waals surface area contributed by atoms with Gasteiger partial charge in [-0.1, -0.05) is 0 Å². The SMILES string of the molecule is CC(NC(=O)c1cc(N)ccc1F)c1nccs1. The number of hydrogen-bond acceptors (Lipinski definition) is 4. The Morgan fingerprint density at radius 1 is 1.56 bits per heavy atom. The number of nitrogens with two attached hydrogens (primary N) is 1. The Balaban J connectivity index is 2.15. The first-order valence-electron chi connectivity index (χ1n) is 5.33. The summed E-state index contributed by atoms with van der Waals surface area (Å²) in [7, 11) is 0. The molecule has 1 heterocycles. The zero-order chi connectivity index (χ0) is 13.1. The predicted octanol–water partition coefficient (Wildman–Crippen LogP) is 2.36. The molecule has 0 saturated heterocycles. The smallest absolute Gasteiger partial charge is 0.254 e. The van der Waals surface area contributed by atoms with E-state index in [0.717, 1.165) is 5.01 Å². The molecule has 0 aliphatic rings. The molecule has 2 rings (SSSR count). The Bertz CT molecular complexity index is 556. The van der Waals surface area contributed by atoms with Gasteiger partial charge in [-0.25, -0.2) is 9.37 Å². The molecule has 4 nitrogen and oxygen atoms in total. The van der Waals surface area contributed by atoms with Crippen LogP contribution in [0.3, 0.4) is 0 Å². The van der Waals surface area contributed by atoms with Crippen LogP contribution >= 0.6 is 11.3 Å². The first-order chi connectivity index (χ1) is 8.58. The lowest BCUT2D eigenvalue weighted by Gasteiger charge is -2.11. The summed E-state index contributed by atoms with van der Waals surface area (Å²) in [6.45, 7) is 1.79. The van der Waals surface area contributed by atoms with Crippen molar-refractivity contribution in [2.75, 3.05) is 5.73 Å². The van der Waals surface area contributed by atoms with Crippen LogP contribution in [0, 0.1) is 5.82 Å². The van der Waals surface area contributed by atoms with Crippen LogP contribution in [-0.2, 0) is 0 Å². The van der Waals surface area contributed by atoms with Crippen molar-refractivity contribution in [2.45, 2.75) is 13.0 Å². The van der Waals surface area contributed by atoms with Crippen LogP contribution in [0.1, 0.15) is 28.3 Å². The molecule has 1 aromatic heterocycles. The fourth-order valence-electron chi connectivity index (χ4n) is 1.50. The average Bonchev–Trinajstić information content (AvgIpc) is 2.85. The van der Waals surface area contributed by atoms with E-state index in [1.54, 1.807) is 13.1 Å². The van der Waals surface area contributed by atoms with E-state index in [9.17, 15) is 9.18 Å². The third-order valence-electron chi connectivity index (χ3n) is 2.40. The van der Waals surface area contributed by atoms with Crippen molar-refractivity contribution in [3.05, 3.63) is 46.2 Å². The van der Waals surface area contributed by atoms with Crippen LogP contribution in [0.15, 0.2) is 29.8 Å². The van der Waals surface area contributed by atoms with Gasteiger partial charge in [0.25, 0.3) is 5.91 Å². The summed E-state index contributed by atoms with van der Waals surface area (Å²) in [4.78, 5) is 16.0. The highest BCUT2D eigenvalue weighted by atomic mass is 32.1. The van der Waals surface area contributed by atoms with E-state index in [-0.39, 0.29) is 11.6 Å². The number of aromatic nitrogens is 1. The van der Waals surface area contributed by atoms with Crippen LogP contribution in [0.5, 0.6) is 0 Å². The molecule has 0 fully saturated rings. The van der Waals surface area contributed by atoms with Crippen molar-refractivity contribution in [3.63, 3.8) is 0 Å². The van der Waals surface area contributed by atoms with Crippen LogP contribution in [0.25, 0.3) is 0 Å². The summed E-state index contributed by atoms with van der Waals surface area (Å²) in [5.74, 6) is -1.09. The van der Waals surface area contributed by atoms with E-state index in [0.29, 0.717) is 5.69 Å². The Hall–Kier alpha value is -1.95. The maximum Gasteiger partial charge on any atom is 0.254 e. The summed E-state index contributed by atoms with van der Waals surface area (Å²) < 4.78 is 13.5. The molecule has 0 spiro atoms. The molecule has 0 aliphatic carbocycles. The van der Waals surface area contributed by atoms with Gasteiger partial charge >= 0.3 is 0 Å². The highest BCUT2D eigenvalue weighted by Crippen LogP contribution is 2.17. The monoisotopic (exact) mass is 265 g/mol. The van der Waals surface area contributed by atoms with Crippen LogP contribution in [0.2, 0.25) is 0 Å². The minimum Gasteiger partial charge on any atom is -0.399 e. The summed E-state index contributed by atoms with van der Waals surface area (Å²) >= 11 is 1.43. The second kappa shape index (κ2) is 5.14. The Morgan fingerprint density at radius 2 is 2.33 bits per heavy atom. The second-order valence-corrected chi connectivity index (χ2v) is 4.73. The number of anilines is 1. The standard InChI is InChI=1S/C12H12FN3OS/c1-7(12-15-4-5-18-12)16-11(17)9-6-8(14)2-3-10(9)13/h2-7H,14H2,1H3,(H,16,17). The minimum atomic E-state index is -0.590. The highest BCUT2D eigenvalue weighted by Gasteiger charge is 2.16. The molecule has 3 N–H and O–H groups in total. The largest absolute Gasteiger partial charge is 0.399 e. The molecular formula is C12H12FN3OS. The second-order valence-electron chi connectivity index (χ2n) is 3.80. The molecule has 0 bridgehead atoms. The van der Waals surface area contributed by atoms with Gasteiger partial charge in [-0.3, -0.25) is 4.79 Å². The van der Waals surface area contributed by atoms with Gasteiger partial charge in [-0.05, 0) is 25.1 Å². The van der Waals surface area contributed by atoms with Crippen molar-refractivity contribution in [1.29, 1.82) is 0 Å². The van der Waals surface area contributed by atoms with Gasteiger partial charge in [0, 0.05) is 17.3 Å². The molecule has 2 aromatic rings. The van der Waals surface area contributed by atoms with Crippen molar-refractivity contribution in [3.8, 4) is 0 Å². The van der Waals surface area contributed by atoms with Crippen molar-refractivity contribution in [2.24, 2.45) is 0 Å². The summed E-state index contributed by atoms with van der Waals surface area (Å²) in [6, 6.07) is 3.65. The topological polar surface area (TPSA) is 68.0 Å². The fraction of sp³-hybridized carbons (Fsp3) is 0.167. The summed E-state index contributed by atoms with van der Waals surface area (Å²) in [5.41, 5.74) is 5.83. The minimum absolute atomic E-state index is 0.0570. The molecule has 6 heteroatoms. The van der Waals surface area contributed by atoms with E-state index in [1.165, 1.54) is 29.5 Å². The molecule has 18 heavy (non-hydrogen) atoms. The van der Waals surface area contributed by atoms with Gasteiger partial charge in [-0.15, -0.1) is 11.3 Å². The zero-order valence-corrected chi connectivity index (χ0v) is 10.5. The molecule has 0 saturated carbocycles. The van der Waals surface area contributed by atoms with E-state index in [4.69, 9.17) is 5.73 Å². The van der Waals surface area contributed by atoms with Crippen LogP contribution in [0.4, 0.5) is 10.1 Å². The number of carbonyl (C=O) groups excluding carboxylic acids is 1. The third kappa shape index (κ3) is 2.65. The Kier molecular flexibility index (Phi) is 3.57. The van der Waals surface area contributed by atoms with Crippen LogP contribution in [-0.4, -0.2) is 10.9 Å². The van der Waals surface area contributed by atoms with Crippen molar-refractivity contribution >= 4 is 22.9 Å². The van der Waals surface area contributed by atoms with Gasteiger partial charge in [0.05, 0.1) is 11.6 Å². The van der Waals surface area contributed by atoms with E-state index in [1.807, 2.05) is 5.38 Å². The molecule has 1 aromatic carbocycles. The maximum atomic E-state index is 13.5. The van der Waals surface area contributed by atoms with E-state index < -0.39 is 11.7 Å². The number of amides is 1. The van der Waals surface area contributed by atoms with Gasteiger partial charge < -0.3 is 11.1 Å². The first kappa shape index (κ1) is 12.5. The van der Waals surface area contributed by atoms with Gasteiger partial charge in [0.15, 0.2) is 0 Å². The van der Waals surface area contributed by atoms with Gasteiger partial charge in [0.1, 0.15) is 10.8 Å². The Labute approximate surface area is 108 Å². The normalized spacial score (nSPS) is 12.1.